The monoisotopic (exact) mass is 322 g/mol. The molecule has 2 N–H and O–H groups in total. The molecule has 0 atom stereocenters. The Morgan fingerprint density at radius 2 is 1.86 bits per heavy atom. The van der Waals surface area contributed by atoms with Gasteiger partial charge >= 0.3 is 6.36 Å². The standard InChI is InChI=1S/C10H9F3N4O3S/c1-6-14-9(16-15-6)17-21(18,19)8-4-2-7(3-5-8)20-10(11,12)13/h2-5H,1H3,(H2,14,15,16,17). The number of aromatic amines is 1. The summed E-state index contributed by atoms with van der Waals surface area (Å²) in [7, 11) is -3.99. The molecule has 0 aliphatic carbocycles. The van der Waals surface area contributed by atoms with Gasteiger partial charge in [-0.1, -0.05) is 0 Å². The predicted octanol–water partition coefficient (Wildman–Crippen LogP) is 1.81. The zero-order valence-electron chi connectivity index (χ0n) is 10.5. The van der Waals surface area contributed by atoms with Crippen molar-refractivity contribution in [3.63, 3.8) is 0 Å². The lowest BCUT2D eigenvalue weighted by Crippen LogP contribution is -2.17. The molecule has 0 saturated heterocycles. The van der Waals surface area contributed by atoms with Crippen LogP contribution in [0.4, 0.5) is 19.1 Å². The van der Waals surface area contributed by atoms with Gasteiger partial charge in [-0.05, 0) is 31.2 Å². The Balaban J connectivity index is 2.17. The van der Waals surface area contributed by atoms with Gasteiger partial charge in [-0.2, -0.15) is 4.98 Å². The lowest BCUT2D eigenvalue weighted by atomic mass is 10.3. The summed E-state index contributed by atoms with van der Waals surface area (Å²) in [6, 6.07) is 3.74. The van der Waals surface area contributed by atoms with E-state index < -0.39 is 22.1 Å². The number of anilines is 1. The zero-order valence-corrected chi connectivity index (χ0v) is 11.3. The number of hydrogen-bond acceptors (Lipinski definition) is 5. The highest BCUT2D eigenvalue weighted by atomic mass is 32.2. The van der Waals surface area contributed by atoms with Crippen molar-refractivity contribution >= 4 is 16.0 Å². The number of ether oxygens (including phenoxy) is 1. The van der Waals surface area contributed by atoms with Gasteiger partial charge in [0.15, 0.2) is 0 Å². The quantitative estimate of drug-likeness (QED) is 0.895. The van der Waals surface area contributed by atoms with Crippen molar-refractivity contribution in [2.24, 2.45) is 0 Å². The number of halogens is 3. The van der Waals surface area contributed by atoms with Crippen LogP contribution in [-0.2, 0) is 10.0 Å². The molecule has 0 fully saturated rings. The Kier molecular flexibility index (Phi) is 3.77. The van der Waals surface area contributed by atoms with Crippen molar-refractivity contribution in [1.29, 1.82) is 0 Å². The smallest absolute Gasteiger partial charge is 0.406 e. The number of hydrogen-bond donors (Lipinski definition) is 2. The maximum Gasteiger partial charge on any atom is 0.573 e. The summed E-state index contributed by atoms with van der Waals surface area (Å²) in [5.74, 6) is -0.278. The molecule has 1 heterocycles. The molecule has 2 aromatic rings. The molecule has 21 heavy (non-hydrogen) atoms. The van der Waals surface area contributed by atoms with E-state index in [1.807, 2.05) is 0 Å². The first-order chi connectivity index (χ1) is 9.66. The van der Waals surface area contributed by atoms with Crippen molar-refractivity contribution in [2.75, 3.05) is 4.72 Å². The highest BCUT2D eigenvalue weighted by Crippen LogP contribution is 2.24. The van der Waals surface area contributed by atoms with Gasteiger partial charge in [0.25, 0.3) is 16.0 Å². The highest BCUT2D eigenvalue weighted by Gasteiger charge is 2.31. The zero-order chi connectivity index (χ0) is 15.7. The Hall–Kier alpha value is -2.30. The number of H-pyrrole nitrogens is 1. The van der Waals surface area contributed by atoms with E-state index in [9.17, 15) is 21.6 Å². The van der Waals surface area contributed by atoms with E-state index in [-0.39, 0.29) is 10.8 Å². The first-order valence-corrected chi connectivity index (χ1v) is 6.92. The van der Waals surface area contributed by atoms with E-state index in [0.717, 1.165) is 24.3 Å². The van der Waals surface area contributed by atoms with Gasteiger partial charge in [0.1, 0.15) is 11.6 Å². The number of aromatic nitrogens is 3. The second-order valence-electron chi connectivity index (χ2n) is 3.87. The molecule has 0 amide bonds. The first-order valence-electron chi connectivity index (χ1n) is 5.43. The fourth-order valence-electron chi connectivity index (χ4n) is 1.39. The van der Waals surface area contributed by atoms with E-state index in [4.69, 9.17) is 0 Å². The van der Waals surface area contributed by atoms with Gasteiger partial charge < -0.3 is 4.74 Å². The lowest BCUT2D eigenvalue weighted by molar-refractivity contribution is -0.274. The number of rotatable bonds is 4. The molecule has 0 aliphatic heterocycles. The van der Waals surface area contributed by atoms with Crippen LogP contribution in [0.1, 0.15) is 5.82 Å². The van der Waals surface area contributed by atoms with Crippen LogP contribution >= 0.6 is 0 Å². The average molecular weight is 322 g/mol. The maximum absolute atomic E-state index is 12.0. The van der Waals surface area contributed by atoms with E-state index in [0.29, 0.717) is 5.82 Å². The summed E-state index contributed by atoms with van der Waals surface area (Å²) in [6.45, 7) is 1.58. The van der Waals surface area contributed by atoms with Crippen LogP contribution in [0.15, 0.2) is 29.2 Å². The van der Waals surface area contributed by atoms with Crippen LogP contribution in [0, 0.1) is 6.92 Å². The number of alkyl halides is 3. The average Bonchev–Trinajstić information content (AvgIpc) is 2.72. The van der Waals surface area contributed by atoms with Gasteiger partial charge in [-0.25, -0.2) is 13.1 Å². The van der Waals surface area contributed by atoms with E-state index in [2.05, 4.69) is 24.6 Å². The molecule has 0 unspecified atom stereocenters. The van der Waals surface area contributed by atoms with Crippen LogP contribution in [0.3, 0.4) is 0 Å². The van der Waals surface area contributed by atoms with Gasteiger partial charge in [-0.15, -0.1) is 18.3 Å². The molecule has 0 saturated carbocycles. The number of nitrogens with one attached hydrogen (secondary N) is 2. The minimum absolute atomic E-state index is 0.164. The van der Waals surface area contributed by atoms with E-state index in [1.165, 1.54) is 0 Å². The minimum Gasteiger partial charge on any atom is -0.406 e. The Morgan fingerprint density at radius 1 is 1.24 bits per heavy atom. The Bertz CT molecular complexity index is 725. The number of sulfonamides is 1. The fourth-order valence-corrected chi connectivity index (χ4v) is 2.33. The number of aryl methyl sites for hydroxylation is 1. The summed E-state index contributed by atoms with van der Waals surface area (Å²) in [5, 5.41) is 6.04. The normalized spacial score (nSPS) is 12.2. The van der Waals surface area contributed by atoms with Crippen molar-refractivity contribution in [3.8, 4) is 5.75 Å². The largest absolute Gasteiger partial charge is 0.573 e. The predicted molar refractivity (Wildman–Crippen MR) is 65.1 cm³/mol. The molecule has 0 spiro atoms. The highest BCUT2D eigenvalue weighted by molar-refractivity contribution is 7.92. The second kappa shape index (κ2) is 5.24. The van der Waals surface area contributed by atoms with Gasteiger partial charge in [0, 0.05) is 0 Å². The Morgan fingerprint density at radius 3 is 2.33 bits per heavy atom. The van der Waals surface area contributed by atoms with Crippen LogP contribution in [0.2, 0.25) is 0 Å². The summed E-state index contributed by atoms with van der Waals surface area (Å²) >= 11 is 0. The number of benzene rings is 1. The molecule has 1 aromatic heterocycles. The molecule has 114 valence electrons. The fraction of sp³-hybridized carbons (Fsp3) is 0.200. The molecule has 7 nitrogen and oxygen atoms in total. The van der Waals surface area contributed by atoms with Crippen LogP contribution in [0.25, 0.3) is 0 Å². The topological polar surface area (TPSA) is 97.0 Å². The Labute approximate surface area is 117 Å². The SMILES string of the molecule is Cc1nc(NS(=O)(=O)c2ccc(OC(F)(F)F)cc2)n[nH]1. The van der Waals surface area contributed by atoms with E-state index in [1.54, 1.807) is 6.92 Å². The summed E-state index contributed by atoms with van der Waals surface area (Å²) in [5.41, 5.74) is 0. The number of nitrogens with zero attached hydrogens (tertiary/aromatic N) is 2. The molecule has 0 radical (unpaired) electrons. The molecule has 11 heteroatoms. The molecule has 1 aromatic carbocycles. The minimum atomic E-state index is -4.84. The third-order valence-electron chi connectivity index (χ3n) is 2.19. The molecular weight excluding hydrogens is 313 g/mol. The molecular formula is C10H9F3N4O3S. The molecule has 0 bridgehead atoms. The third-order valence-corrected chi connectivity index (χ3v) is 3.53. The van der Waals surface area contributed by atoms with Gasteiger partial charge in [-0.3, -0.25) is 5.10 Å². The van der Waals surface area contributed by atoms with Crippen LogP contribution in [-0.4, -0.2) is 30.0 Å². The van der Waals surface area contributed by atoms with Crippen LogP contribution in [0.5, 0.6) is 5.75 Å². The molecule has 2 rings (SSSR count). The second-order valence-corrected chi connectivity index (χ2v) is 5.55. The van der Waals surface area contributed by atoms with Crippen molar-refractivity contribution in [2.45, 2.75) is 18.2 Å². The van der Waals surface area contributed by atoms with Crippen LogP contribution < -0.4 is 9.46 Å². The van der Waals surface area contributed by atoms with Crippen molar-refractivity contribution in [1.82, 2.24) is 15.2 Å². The first kappa shape index (κ1) is 15.1. The third kappa shape index (κ3) is 4.08. The van der Waals surface area contributed by atoms with Crippen molar-refractivity contribution < 1.29 is 26.3 Å². The summed E-state index contributed by atoms with van der Waals surface area (Å²) in [6.07, 6.45) is -4.84. The van der Waals surface area contributed by atoms with Crippen molar-refractivity contribution in [3.05, 3.63) is 30.1 Å². The van der Waals surface area contributed by atoms with Gasteiger partial charge in [0.2, 0.25) is 0 Å². The lowest BCUT2D eigenvalue weighted by Gasteiger charge is -2.09. The molecule has 0 aliphatic rings. The van der Waals surface area contributed by atoms with E-state index >= 15 is 0 Å². The maximum atomic E-state index is 12.0. The summed E-state index contributed by atoms with van der Waals surface area (Å²) < 4.78 is 65.6. The summed E-state index contributed by atoms with van der Waals surface area (Å²) in [4.78, 5) is 3.51. The van der Waals surface area contributed by atoms with Gasteiger partial charge in [0.05, 0.1) is 4.90 Å².